The highest BCUT2D eigenvalue weighted by molar-refractivity contribution is 7.92. The van der Waals surface area contributed by atoms with Crippen molar-refractivity contribution in [3.8, 4) is 11.4 Å². The summed E-state index contributed by atoms with van der Waals surface area (Å²) in [6, 6.07) is 19.1. The molecule has 0 saturated carbocycles. The number of halogens is 1. The fourth-order valence-electron chi connectivity index (χ4n) is 2.90. The normalized spacial score (nSPS) is 11.2. The van der Waals surface area contributed by atoms with Crippen molar-refractivity contribution in [2.24, 2.45) is 0 Å². The average molecular weight is 469 g/mol. The molecule has 1 aromatic heterocycles. The highest BCUT2D eigenvalue weighted by Gasteiger charge is 2.18. The van der Waals surface area contributed by atoms with Gasteiger partial charge in [0.1, 0.15) is 5.75 Å². The molecule has 4 rings (SSSR count). The molecule has 0 unspecified atom stereocenters. The van der Waals surface area contributed by atoms with Gasteiger partial charge in [0.2, 0.25) is 0 Å². The molecule has 1 amide bonds. The molecule has 0 aliphatic carbocycles. The zero-order chi connectivity index (χ0) is 22.7. The lowest BCUT2D eigenvalue weighted by Crippen LogP contribution is -2.15. The number of para-hydroxylation sites is 1. The number of hydrogen-bond acceptors (Lipinski definition) is 5. The molecule has 0 fully saturated rings. The Labute approximate surface area is 189 Å². The molecule has 0 radical (unpaired) electrons. The van der Waals surface area contributed by atoms with Crippen LogP contribution in [0.25, 0.3) is 5.69 Å². The number of benzene rings is 3. The summed E-state index contributed by atoms with van der Waals surface area (Å²) in [4.78, 5) is 12.5. The number of nitrogens with one attached hydrogen (secondary N) is 2. The van der Waals surface area contributed by atoms with Gasteiger partial charge in [0.05, 0.1) is 33.7 Å². The van der Waals surface area contributed by atoms with Crippen LogP contribution in [-0.4, -0.2) is 29.2 Å². The smallest absolute Gasteiger partial charge is 0.261 e. The number of carbonyl (C=O) groups excluding carboxylic acids is 1. The van der Waals surface area contributed by atoms with Gasteiger partial charge >= 0.3 is 0 Å². The zero-order valence-corrected chi connectivity index (χ0v) is 18.0. The van der Waals surface area contributed by atoms with E-state index in [2.05, 4.69) is 15.1 Å². The van der Waals surface area contributed by atoms with Gasteiger partial charge in [0, 0.05) is 11.2 Å². The molecule has 3 aromatic carbocycles. The molecule has 0 atom stereocenters. The van der Waals surface area contributed by atoms with E-state index in [0.717, 1.165) is 5.69 Å². The number of rotatable bonds is 6. The van der Waals surface area contributed by atoms with E-state index in [-0.39, 0.29) is 27.6 Å². The summed E-state index contributed by atoms with van der Waals surface area (Å²) in [5.41, 5.74) is 1.23. The van der Waals surface area contributed by atoms with E-state index >= 15 is 0 Å². The SMILES string of the molecule is O=C(Nc1cc(S(=O)(=O)Nc2cccc(Cl)c2)ccc1O)c1cnn(-c2ccccc2)c1. The third-order valence-corrected chi connectivity index (χ3v) is 6.08. The maximum Gasteiger partial charge on any atom is 0.261 e. The number of phenols is 1. The van der Waals surface area contributed by atoms with Crippen LogP contribution in [0.4, 0.5) is 11.4 Å². The molecular formula is C22H17ClN4O4S. The van der Waals surface area contributed by atoms with Gasteiger partial charge < -0.3 is 10.4 Å². The summed E-state index contributed by atoms with van der Waals surface area (Å²) in [6.07, 6.45) is 2.91. The Morgan fingerprint density at radius 1 is 1.00 bits per heavy atom. The van der Waals surface area contributed by atoms with E-state index in [1.165, 1.54) is 41.3 Å². The van der Waals surface area contributed by atoms with Crippen LogP contribution in [0.1, 0.15) is 10.4 Å². The van der Waals surface area contributed by atoms with E-state index in [9.17, 15) is 18.3 Å². The molecule has 32 heavy (non-hydrogen) atoms. The number of carbonyl (C=O) groups is 1. The van der Waals surface area contributed by atoms with E-state index in [4.69, 9.17) is 11.6 Å². The van der Waals surface area contributed by atoms with E-state index in [0.29, 0.717) is 5.02 Å². The fraction of sp³-hybridized carbons (Fsp3) is 0. The lowest BCUT2D eigenvalue weighted by atomic mass is 10.2. The van der Waals surface area contributed by atoms with Gasteiger partial charge in [-0.15, -0.1) is 0 Å². The van der Waals surface area contributed by atoms with Crippen molar-refractivity contribution < 1.29 is 18.3 Å². The van der Waals surface area contributed by atoms with Crippen molar-refractivity contribution >= 4 is 38.9 Å². The number of sulfonamides is 1. The van der Waals surface area contributed by atoms with Crippen molar-refractivity contribution in [3.63, 3.8) is 0 Å². The molecule has 3 N–H and O–H groups in total. The van der Waals surface area contributed by atoms with Crippen LogP contribution in [0, 0.1) is 0 Å². The van der Waals surface area contributed by atoms with Gasteiger partial charge in [0.25, 0.3) is 15.9 Å². The monoisotopic (exact) mass is 468 g/mol. The number of anilines is 2. The molecule has 162 valence electrons. The standard InChI is InChI=1S/C22H17ClN4O4S/c23-16-5-4-6-17(11-16)26-32(30,31)19-9-10-21(28)20(12-19)25-22(29)15-13-24-27(14-15)18-7-2-1-3-8-18/h1-14,26,28H,(H,25,29). The fourth-order valence-corrected chi connectivity index (χ4v) is 4.17. The number of hydrogen-bond donors (Lipinski definition) is 3. The largest absolute Gasteiger partial charge is 0.506 e. The Hall–Kier alpha value is -3.82. The van der Waals surface area contributed by atoms with E-state index in [1.807, 2.05) is 30.3 Å². The molecule has 0 bridgehead atoms. The van der Waals surface area contributed by atoms with Gasteiger partial charge in [0.15, 0.2) is 0 Å². The van der Waals surface area contributed by atoms with Gasteiger partial charge in [-0.05, 0) is 48.5 Å². The first-order chi connectivity index (χ1) is 15.3. The summed E-state index contributed by atoms with van der Waals surface area (Å²) in [7, 11) is -3.99. The van der Waals surface area contributed by atoms with Crippen LogP contribution >= 0.6 is 11.6 Å². The summed E-state index contributed by atoms with van der Waals surface area (Å²) in [6.45, 7) is 0. The Morgan fingerprint density at radius 2 is 1.78 bits per heavy atom. The minimum absolute atomic E-state index is 0.0589. The topological polar surface area (TPSA) is 113 Å². The third-order valence-electron chi connectivity index (χ3n) is 4.47. The Balaban J connectivity index is 1.55. The second-order valence-electron chi connectivity index (χ2n) is 6.76. The van der Waals surface area contributed by atoms with E-state index < -0.39 is 15.9 Å². The van der Waals surface area contributed by atoms with Gasteiger partial charge in [-0.3, -0.25) is 9.52 Å². The van der Waals surface area contributed by atoms with Crippen molar-refractivity contribution in [3.05, 3.63) is 95.8 Å². The quantitative estimate of drug-likeness (QED) is 0.365. The van der Waals surface area contributed by atoms with E-state index in [1.54, 1.807) is 18.2 Å². The zero-order valence-electron chi connectivity index (χ0n) is 16.4. The maximum absolute atomic E-state index is 12.7. The molecule has 10 heteroatoms. The number of aromatic hydroxyl groups is 1. The molecule has 4 aromatic rings. The molecule has 8 nitrogen and oxygen atoms in total. The van der Waals surface area contributed by atoms with Gasteiger partial charge in [-0.25, -0.2) is 13.1 Å². The first kappa shape index (κ1) is 21.4. The molecule has 0 aliphatic heterocycles. The molecule has 1 heterocycles. The van der Waals surface area contributed by atoms with Crippen LogP contribution in [0.15, 0.2) is 90.1 Å². The summed E-state index contributed by atoms with van der Waals surface area (Å²) >= 11 is 5.90. The predicted octanol–water partition coefficient (Wildman–Crippen LogP) is 4.28. The number of aromatic nitrogens is 2. The van der Waals surface area contributed by atoms with Crippen molar-refractivity contribution in [1.29, 1.82) is 0 Å². The first-order valence-electron chi connectivity index (χ1n) is 9.35. The van der Waals surface area contributed by atoms with Crippen LogP contribution in [0.2, 0.25) is 5.02 Å². The summed E-state index contributed by atoms with van der Waals surface area (Å²) < 4.78 is 29.4. The average Bonchev–Trinajstić information content (AvgIpc) is 3.26. The molecular weight excluding hydrogens is 452 g/mol. The number of nitrogens with zero attached hydrogens (tertiary/aromatic N) is 2. The lowest BCUT2D eigenvalue weighted by molar-refractivity contribution is 0.102. The summed E-state index contributed by atoms with van der Waals surface area (Å²) in [5.74, 6) is -0.838. The minimum atomic E-state index is -3.99. The Morgan fingerprint density at radius 3 is 2.53 bits per heavy atom. The van der Waals surface area contributed by atoms with Crippen LogP contribution in [0.5, 0.6) is 5.75 Å². The molecule has 0 saturated heterocycles. The number of phenolic OH excluding ortho intramolecular Hbond substituents is 1. The number of amides is 1. The van der Waals surface area contributed by atoms with Crippen molar-refractivity contribution in [2.45, 2.75) is 4.90 Å². The molecule has 0 aliphatic rings. The van der Waals surface area contributed by atoms with Crippen LogP contribution in [0.3, 0.4) is 0 Å². The van der Waals surface area contributed by atoms with Crippen molar-refractivity contribution in [1.82, 2.24) is 9.78 Å². The Kier molecular flexibility index (Phi) is 5.85. The van der Waals surface area contributed by atoms with Crippen LogP contribution < -0.4 is 10.0 Å². The second kappa shape index (κ2) is 8.74. The maximum atomic E-state index is 12.7. The third kappa shape index (κ3) is 4.74. The lowest BCUT2D eigenvalue weighted by Gasteiger charge is -2.11. The first-order valence-corrected chi connectivity index (χ1v) is 11.2. The van der Waals surface area contributed by atoms with Crippen LogP contribution in [-0.2, 0) is 10.0 Å². The highest BCUT2D eigenvalue weighted by atomic mass is 35.5. The highest BCUT2D eigenvalue weighted by Crippen LogP contribution is 2.28. The van der Waals surface area contributed by atoms with Crippen molar-refractivity contribution in [2.75, 3.05) is 10.0 Å². The van der Waals surface area contributed by atoms with Gasteiger partial charge in [-0.1, -0.05) is 35.9 Å². The second-order valence-corrected chi connectivity index (χ2v) is 8.88. The summed E-state index contributed by atoms with van der Waals surface area (Å²) in [5, 5.41) is 17.2. The minimum Gasteiger partial charge on any atom is -0.506 e. The predicted molar refractivity (Wildman–Crippen MR) is 122 cm³/mol. The van der Waals surface area contributed by atoms with Gasteiger partial charge in [-0.2, -0.15) is 5.10 Å². The molecule has 0 spiro atoms. The Bertz CT molecular complexity index is 1390.